The van der Waals surface area contributed by atoms with Gasteiger partial charge >= 0.3 is 0 Å². The van der Waals surface area contributed by atoms with Crippen molar-refractivity contribution in [3.8, 4) is 0 Å². The van der Waals surface area contributed by atoms with Crippen LogP contribution in [0.3, 0.4) is 0 Å². The van der Waals surface area contributed by atoms with E-state index in [9.17, 15) is 0 Å². The van der Waals surface area contributed by atoms with Gasteiger partial charge in [0, 0.05) is 22.1 Å². The average Bonchev–Trinajstić information content (AvgIpc) is 2.50. The topological polar surface area (TPSA) is 15.8 Å². The van der Waals surface area contributed by atoms with Gasteiger partial charge in [0.05, 0.1) is 0 Å². The van der Waals surface area contributed by atoms with Crippen LogP contribution in [0.2, 0.25) is 5.02 Å². The molecule has 62 valence electrons. The zero-order chi connectivity index (χ0) is 8.55. The highest BCUT2D eigenvalue weighted by atomic mass is 35.5. The van der Waals surface area contributed by atoms with E-state index >= 15 is 0 Å². The molecule has 1 N–H and O–H groups in total. The Morgan fingerprint density at radius 3 is 3.00 bits per heavy atom. The summed E-state index contributed by atoms with van der Waals surface area (Å²) in [5.74, 6) is 0. The van der Waals surface area contributed by atoms with Gasteiger partial charge in [0.1, 0.15) is 0 Å². The van der Waals surface area contributed by atoms with Crippen molar-refractivity contribution in [1.29, 1.82) is 0 Å². The Kier molecular flexibility index (Phi) is 1.81. The van der Waals surface area contributed by atoms with Gasteiger partial charge in [0.15, 0.2) is 0 Å². The number of halogens is 1. The zero-order valence-corrected chi connectivity index (χ0v) is 7.65. The molecule has 0 aliphatic rings. The molecule has 0 saturated carbocycles. The monoisotopic (exact) mass is 179 g/mol. The summed E-state index contributed by atoms with van der Waals surface area (Å²) in [6.07, 6.45) is 2.96. The highest BCUT2D eigenvalue weighted by Crippen LogP contribution is 2.22. The maximum atomic E-state index is 5.95. The van der Waals surface area contributed by atoms with E-state index in [1.165, 1.54) is 16.5 Å². The molecule has 1 heterocycles. The molecule has 12 heavy (non-hydrogen) atoms. The molecular formula is C10H10ClN. The van der Waals surface area contributed by atoms with Crippen molar-refractivity contribution in [3.05, 3.63) is 35.0 Å². The molecule has 0 saturated heterocycles. The molecule has 2 rings (SSSR count). The summed E-state index contributed by atoms with van der Waals surface area (Å²) >= 11 is 5.95. The highest BCUT2D eigenvalue weighted by Gasteiger charge is 2.01. The van der Waals surface area contributed by atoms with Gasteiger partial charge in [-0.3, -0.25) is 0 Å². The number of aryl methyl sites for hydroxylation is 1. The number of hydrogen-bond donors (Lipinski definition) is 1. The van der Waals surface area contributed by atoms with Crippen molar-refractivity contribution < 1.29 is 0 Å². The number of nitrogens with one attached hydrogen (secondary N) is 1. The van der Waals surface area contributed by atoms with Gasteiger partial charge in [0.2, 0.25) is 0 Å². The fourth-order valence-corrected chi connectivity index (χ4v) is 1.74. The fourth-order valence-electron chi connectivity index (χ4n) is 1.49. The van der Waals surface area contributed by atoms with Crippen molar-refractivity contribution >= 4 is 22.5 Å². The first-order valence-corrected chi connectivity index (χ1v) is 4.44. The van der Waals surface area contributed by atoms with Crippen LogP contribution in [0.25, 0.3) is 10.9 Å². The minimum Gasteiger partial charge on any atom is -0.361 e. The maximum absolute atomic E-state index is 5.95. The first-order chi connectivity index (χ1) is 5.81. The third-order valence-electron chi connectivity index (χ3n) is 2.09. The fraction of sp³-hybridized carbons (Fsp3) is 0.200. The third-order valence-corrected chi connectivity index (χ3v) is 2.30. The first-order valence-electron chi connectivity index (χ1n) is 4.07. The van der Waals surface area contributed by atoms with Gasteiger partial charge in [-0.2, -0.15) is 0 Å². The SMILES string of the molecule is CCc1cc(Cl)cc2cc[nH]c12. The molecule has 0 unspecified atom stereocenters. The van der Waals surface area contributed by atoms with Gasteiger partial charge in [0.25, 0.3) is 0 Å². The number of aromatic amines is 1. The smallest absolute Gasteiger partial charge is 0.0487 e. The summed E-state index contributed by atoms with van der Waals surface area (Å²) in [5.41, 5.74) is 2.49. The number of aromatic nitrogens is 1. The van der Waals surface area contributed by atoms with E-state index < -0.39 is 0 Å². The second-order valence-corrected chi connectivity index (χ2v) is 3.30. The van der Waals surface area contributed by atoms with E-state index in [2.05, 4.69) is 11.9 Å². The molecule has 0 spiro atoms. The Morgan fingerprint density at radius 2 is 2.25 bits per heavy atom. The van der Waals surface area contributed by atoms with Crippen molar-refractivity contribution in [2.24, 2.45) is 0 Å². The minimum absolute atomic E-state index is 0.818. The van der Waals surface area contributed by atoms with Crippen LogP contribution in [0.1, 0.15) is 12.5 Å². The van der Waals surface area contributed by atoms with Gasteiger partial charge in [-0.15, -0.1) is 0 Å². The quantitative estimate of drug-likeness (QED) is 0.691. The second kappa shape index (κ2) is 2.83. The highest BCUT2D eigenvalue weighted by molar-refractivity contribution is 6.31. The number of hydrogen-bond acceptors (Lipinski definition) is 0. The average molecular weight is 180 g/mol. The van der Waals surface area contributed by atoms with E-state index in [1.54, 1.807) is 0 Å². The van der Waals surface area contributed by atoms with Gasteiger partial charge in [-0.05, 0) is 30.2 Å². The van der Waals surface area contributed by atoms with Crippen molar-refractivity contribution in [1.82, 2.24) is 4.98 Å². The molecule has 1 aromatic carbocycles. The van der Waals surface area contributed by atoms with Gasteiger partial charge in [-0.1, -0.05) is 18.5 Å². The number of H-pyrrole nitrogens is 1. The largest absolute Gasteiger partial charge is 0.361 e. The van der Waals surface area contributed by atoms with Crippen LogP contribution in [-0.2, 0) is 6.42 Å². The van der Waals surface area contributed by atoms with Crippen LogP contribution in [0, 0.1) is 0 Å². The third kappa shape index (κ3) is 1.10. The summed E-state index contributed by atoms with van der Waals surface area (Å²) < 4.78 is 0. The predicted octanol–water partition coefficient (Wildman–Crippen LogP) is 3.38. The van der Waals surface area contributed by atoms with E-state index in [0.717, 1.165) is 11.4 Å². The van der Waals surface area contributed by atoms with Gasteiger partial charge < -0.3 is 4.98 Å². The number of rotatable bonds is 1. The first kappa shape index (κ1) is 7.69. The normalized spacial score (nSPS) is 10.8. The van der Waals surface area contributed by atoms with Crippen LogP contribution in [0.4, 0.5) is 0 Å². The van der Waals surface area contributed by atoms with Gasteiger partial charge in [-0.25, -0.2) is 0 Å². The lowest BCUT2D eigenvalue weighted by atomic mass is 10.1. The lowest BCUT2D eigenvalue weighted by Gasteiger charge is -1.99. The van der Waals surface area contributed by atoms with Crippen LogP contribution in [-0.4, -0.2) is 4.98 Å². The molecule has 1 aromatic heterocycles. The standard InChI is InChI=1S/C10H10ClN/c1-2-7-5-9(11)6-8-3-4-12-10(7)8/h3-6,12H,2H2,1H3. The summed E-state index contributed by atoms with van der Waals surface area (Å²) in [4.78, 5) is 3.21. The lowest BCUT2D eigenvalue weighted by molar-refractivity contribution is 1.15. The molecule has 0 aliphatic carbocycles. The molecule has 1 nitrogen and oxygen atoms in total. The molecule has 2 heteroatoms. The molecule has 0 bridgehead atoms. The van der Waals surface area contributed by atoms with E-state index in [-0.39, 0.29) is 0 Å². The summed E-state index contributed by atoms with van der Waals surface area (Å²) in [6.45, 7) is 2.13. The van der Waals surface area contributed by atoms with Crippen LogP contribution in [0.5, 0.6) is 0 Å². The summed E-state index contributed by atoms with van der Waals surface area (Å²) in [6, 6.07) is 6.04. The van der Waals surface area contributed by atoms with Crippen molar-refractivity contribution in [2.45, 2.75) is 13.3 Å². The molecule has 0 amide bonds. The maximum Gasteiger partial charge on any atom is 0.0487 e. The summed E-state index contributed by atoms with van der Waals surface area (Å²) in [7, 11) is 0. The molecule has 0 radical (unpaired) electrons. The van der Waals surface area contributed by atoms with Crippen LogP contribution >= 0.6 is 11.6 Å². The molecule has 0 fully saturated rings. The Labute approximate surface area is 76.4 Å². The van der Waals surface area contributed by atoms with Crippen LogP contribution < -0.4 is 0 Å². The second-order valence-electron chi connectivity index (χ2n) is 2.86. The molecular weight excluding hydrogens is 170 g/mol. The Hall–Kier alpha value is -0.950. The molecule has 0 aliphatic heterocycles. The van der Waals surface area contributed by atoms with E-state index in [0.29, 0.717) is 0 Å². The summed E-state index contributed by atoms with van der Waals surface area (Å²) in [5, 5.41) is 2.01. The Bertz CT molecular complexity index is 403. The van der Waals surface area contributed by atoms with E-state index in [4.69, 9.17) is 11.6 Å². The Morgan fingerprint density at radius 1 is 1.42 bits per heavy atom. The van der Waals surface area contributed by atoms with Crippen LogP contribution in [0.15, 0.2) is 24.4 Å². The minimum atomic E-state index is 0.818. The molecule has 2 aromatic rings. The number of benzene rings is 1. The van der Waals surface area contributed by atoms with Crippen molar-refractivity contribution in [3.63, 3.8) is 0 Å². The lowest BCUT2D eigenvalue weighted by Crippen LogP contribution is -1.82. The molecule has 0 atom stereocenters. The van der Waals surface area contributed by atoms with Crippen molar-refractivity contribution in [2.75, 3.05) is 0 Å². The number of fused-ring (bicyclic) bond motifs is 1. The zero-order valence-electron chi connectivity index (χ0n) is 6.89. The Balaban J connectivity index is 2.80. The predicted molar refractivity (Wildman–Crippen MR) is 52.7 cm³/mol. The van der Waals surface area contributed by atoms with E-state index in [1.807, 2.05) is 24.4 Å².